The highest BCUT2D eigenvalue weighted by Gasteiger charge is 2.11. The van der Waals surface area contributed by atoms with Gasteiger partial charge in [-0.3, -0.25) is 4.79 Å². The zero-order valence-electron chi connectivity index (χ0n) is 10.8. The molecule has 0 saturated carbocycles. The second kappa shape index (κ2) is 5.38. The summed E-state index contributed by atoms with van der Waals surface area (Å²) in [6.07, 6.45) is 0. The maximum Gasteiger partial charge on any atom is 0.265 e. The fourth-order valence-electron chi connectivity index (χ4n) is 2.01. The van der Waals surface area contributed by atoms with E-state index in [0.717, 1.165) is 30.7 Å². The number of carbonyl (C=O) groups excluding carboxylic acids is 1. The first-order valence-corrected chi connectivity index (χ1v) is 7.80. The third-order valence-corrected chi connectivity index (χ3v) is 4.71. The van der Waals surface area contributed by atoms with Gasteiger partial charge in [-0.1, -0.05) is 40.2 Å². The molecule has 4 heteroatoms. The van der Waals surface area contributed by atoms with E-state index in [1.54, 1.807) is 0 Å². The van der Waals surface area contributed by atoms with Crippen LogP contribution < -0.4 is 5.32 Å². The average Bonchev–Trinajstić information content (AvgIpc) is 2.87. The first-order valence-electron chi connectivity index (χ1n) is 6.19. The number of nitrogens with one attached hydrogen (secondary N) is 1. The largest absolute Gasteiger partial charge is 0.321 e. The Bertz CT molecular complexity index is 761. The van der Waals surface area contributed by atoms with E-state index in [1.807, 2.05) is 55.5 Å². The topological polar surface area (TPSA) is 29.1 Å². The number of hydrogen-bond donors (Lipinski definition) is 1. The summed E-state index contributed by atoms with van der Waals surface area (Å²) in [5, 5.41) is 4.07. The van der Waals surface area contributed by atoms with E-state index >= 15 is 0 Å². The lowest BCUT2D eigenvalue weighted by Gasteiger charge is -2.07. The highest BCUT2D eigenvalue weighted by molar-refractivity contribution is 9.10. The van der Waals surface area contributed by atoms with Crippen LogP contribution in [0, 0.1) is 6.92 Å². The minimum Gasteiger partial charge on any atom is -0.321 e. The molecule has 3 rings (SSSR count). The van der Waals surface area contributed by atoms with Crippen LogP contribution in [-0.4, -0.2) is 5.91 Å². The molecule has 0 aliphatic heterocycles. The van der Waals surface area contributed by atoms with Gasteiger partial charge in [-0.15, -0.1) is 11.3 Å². The van der Waals surface area contributed by atoms with Crippen molar-refractivity contribution in [2.45, 2.75) is 6.92 Å². The second-order valence-corrected chi connectivity index (χ2v) is 6.56. The van der Waals surface area contributed by atoms with E-state index < -0.39 is 0 Å². The Morgan fingerprint density at radius 3 is 2.75 bits per heavy atom. The van der Waals surface area contributed by atoms with Crippen molar-refractivity contribution in [2.24, 2.45) is 0 Å². The number of fused-ring (bicyclic) bond motifs is 1. The van der Waals surface area contributed by atoms with Crippen LogP contribution >= 0.6 is 27.3 Å². The number of hydrogen-bond acceptors (Lipinski definition) is 2. The molecule has 0 aliphatic carbocycles. The second-order valence-electron chi connectivity index (χ2n) is 4.56. The molecule has 0 aliphatic rings. The van der Waals surface area contributed by atoms with Crippen LogP contribution in [0.2, 0.25) is 0 Å². The van der Waals surface area contributed by atoms with Gasteiger partial charge in [0.05, 0.1) is 4.88 Å². The molecule has 0 radical (unpaired) electrons. The normalized spacial score (nSPS) is 10.7. The van der Waals surface area contributed by atoms with Crippen molar-refractivity contribution < 1.29 is 4.79 Å². The number of rotatable bonds is 2. The van der Waals surface area contributed by atoms with Crippen molar-refractivity contribution in [3.63, 3.8) is 0 Å². The molecule has 1 heterocycles. The number of aryl methyl sites for hydroxylation is 1. The lowest BCUT2D eigenvalue weighted by atomic mass is 10.2. The third-order valence-electron chi connectivity index (χ3n) is 3.10. The van der Waals surface area contributed by atoms with Crippen LogP contribution in [-0.2, 0) is 0 Å². The molecule has 1 amide bonds. The number of benzene rings is 2. The van der Waals surface area contributed by atoms with Crippen molar-refractivity contribution in [1.29, 1.82) is 0 Å². The molecule has 3 aromatic rings. The highest BCUT2D eigenvalue weighted by Crippen LogP contribution is 2.27. The summed E-state index contributed by atoms with van der Waals surface area (Å²) in [5.74, 6) is -0.0626. The molecular weight excluding hydrogens is 334 g/mol. The van der Waals surface area contributed by atoms with Gasteiger partial charge in [0.15, 0.2) is 0 Å². The van der Waals surface area contributed by atoms with Crippen molar-refractivity contribution >= 4 is 48.9 Å². The standard InChI is InChI=1S/C16H12BrNOS/c1-10-6-7-12(17)9-13(10)18-16(19)15-8-11-4-2-3-5-14(11)20-15/h2-9H,1H3,(H,18,19). The number of carbonyl (C=O) groups is 1. The lowest BCUT2D eigenvalue weighted by molar-refractivity contribution is 0.103. The van der Waals surface area contributed by atoms with Crippen LogP contribution in [0.25, 0.3) is 10.1 Å². The summed E-state index contributed by atoms with van der Waals surface area (Å²) in [6.45, 7) is 1.98. The summed E-state index contributed by atoms with van der Waals surface area (Å²) in [7, 11) is 0. The van der Waals surface area contributed by atoms with Gasteiger partial charge in [0, 0.05) is 14.9 Å². The van der Waals surface area contributed by atoms with Gasteiger partial charge in [-0.2, -0.15) is 0 Å². The molecule has 100 valence electrons. The van der Waals surface area contributed by atoms with Crippen LogP contribution in [0.5, 0.6) is 0 Å². The van der Waals surface area contributed by atoms with E-state index in [4.69, 9.17) is 0 Å². The van der Waals surface area contributed by atoms with Gasteiger partial charge >= 0.3 is 0 Å². The molecule has 0 fully saturated rings. The van der Waals surface area contributed by atoms with Gasteiger partial charge in [0.2, 0.25) is 0 Å². The van der Waals surface area contributed by atoms with E-state index in [1.165, 1.54) is 11.3 Å². The predicted octanol–water partition coefficient (Wildman–Crippen LogP) is 5.22. The first kappa shape index (κ1) is 13.3. The number of thiophene rings is 1. The molecule has 20 heavy (non-hydrogen) atoms. The smallest absolute Gasteiger partial charge is 0.265 e. The molecule has 1 N–H and O–H groups in total. The minimum atomic E-state index is -0.0626. The third kappa shape index (κ3) is 2.62. The van der Waals surface area contributed by atoms with Gasteiger partial charge < -0.3 is 5.32 Å². The van der Waals surface area contributed by atoms with Crippen molar-refractivity contribution in [3.8, 4) is 0 Å². The zero-order chi connectivity index (χ0) is 14.1. The maximum atomic E-state index is 12.3. The Balaban J connectivity index is 1.90. The molecule has 0 spiro atoms. The molecular formula is C16H12BrNOS. The quantitative estimate of drug-likeness (QED) is 0.677. The van der Waals surface area contributed by atoms with Crippen LogP contribution in [0.3, 0.4) is 0 Å². The Morgan fingerprint density at radius 2 is 1.95 bits per heavy atom. The zero-order valence-corrected chi connectivity index (χ0v) is 13.2. The monoisotopic (exact) mass is 345 g/mol. The summed E-state index contributed by atoms with van der Waals surface area (Å²) in [4.78, 5) is 13.1. The maximum absolute atomic E-state index is 12.3. The SMILES string of the molecule is Cc1ccc(Br)cc1NC(=O)c1cc2ccccc2s1. The fraction of sp³-hybridized carbons (Fsp3) is 0.0625. The molecule has 0 atom stereocenters. The molecule has 0 bridgehead atoms. The van der Waals surface area contributed by atoms with E-state index in [-0.39, 0.29) is 5.91 Å². The van der Waals surface area contributed by atoms with Gasteiger partial charge in [-0.05, 0) is 42.1 Å². The molecule has 2 nitrogen and oxygen atoms in total. The summed E-state index contributed by atoms with van der Waals surface area (Å²) in [6, 6.07) is 15.8. The Morgan fingerprint density at radius 1 is 1.15 bits per heavy atom. The summed E-state index contributed by atoms with van der Waals surface area (Å²) < 4.78 is 2.08. The number of amides is 1. The number of halogens is 1. The van der Waals surface area contributed by atoms with Crippen LogP contribution in [0.4, 0.5) is 5.69 Å². The Kier molecular flexibility index (Phi) is 3.59. The molecule has 1 aromatic heterocycles. The average molecular weight is 346 g/mol. The lowest BCUT2D eigenvalue weighted by Crippen LogP contribution is -2.11. The molecule has 0 unspecified atom stereocenters. The summed E-state index contributed by atoms with van der Waals surface area (Å²) in [5.41, 5.74) is 1.88. The first-order chi connectivity index (χ1) is 9.63. The fourth-order valence-corrected chi connectivity index (χ4v) is 3.33. The van der Waals surface area contributed by atoms with Gasteiger partial charge in [-0.25, -0.2) is 0 Å². The molecule has 0 saturated heterocycles. The Labute approximate surface area is 129 Å². The van der Waals surface area contributed by atoms with Crippen LogP contribution in [0.1, 0.15) is 15.2 Å². The highest BCUT2D eigenvalue weighted by atomic mass is 79.9. The van der Waals surface area contributed by atoms with E-state index in [0.29, 0.717) is 0 Å². The van der Waals surface area contributed by atoms with E-state index in [9.17, 15) is 4.79 Å². The number of anilines is 1. The van der Waals surface area contributed by atoms with Crippen molar-refractivity contribution in [3.05, 3.63) is 63.4 Å². The summed E-state index contributed by atoms with van der Waals surface area (Å²) >= 11 is 4.93. The van der Waals surface area contributed by atoms with Gasteiger partial charge in [0.1, 0.15) is 0 Å². The van der Waals surface area contributed by atoms with Crippen molar-refractivity contribution in [2.75, 3.05) is 5.32 Å². The Hall–Kier alpha value is -1.65. The predicted molar refractivity (Wildman–Crippen MR) is 88.7 cm³/mol. The van der Waals surface area contributed by atoms with E-state index in [2.05, 4.69) is 21.2 Å². The molecule has 2 aromatic carbocycles. The van der Waals surface area contributed by atoms with Gasteiger partial charge in [0.25, 0.3) is 5.91 Å². The minimum absolute atomic E-state index is 0.0626. The van der Waals surface area contributed by atoms with Crippen molar-refractivity contribution in [1.82, 2.24) is 0 Å². The van der Waals surface area contributed by atoms with Crippen LogP contribution in [0.15, 0.2) is 53.0 Å².